The zero-order valence-electron chi connectivity index (χ0n) is 30.1. The van der Waals surface area contributed by atoms with Gasteiger partial charge >= 0.3 is 5.97 Å². The van der Waals surface area contributed by atoms with Crippen LogP contribution in [0.15, 0.2) is 108 Å². The molecule has 3 aromatic carbocycles. The predicted molar refractivity (Wildman–Crippen MR) is 206 cm³/mol. The van der Waals surface area contributed by atoms with Gasteiger partial charge in [0.1, 0.15) is 12.6 Å². The van der Waals surface area contributed by atoms with Crippen LogP contribution in [0, 0.1) is 0 Å². The van der Waals surface area contributed by atoms with Gasteiger partial charge in [-0.3, -0.25) is 13.2 Å². The second-order valence-corrected chi connectivity index (χ2v) is 15.8. The lowest BCUT2D eigenvalue weighted by Crippen LogP contribution is -2.51. The van der Waals surface area contributed by atoms with Crippen molar-refractivity contribution in [1.29, 1.82) is 0 Å². The van der Waals surface area contributed by atoms with Crippen LogP contribution in [-0.2, 0) is 66.0 Å². The minimum Gasteiger partial charge on any atom is -0.459 e. The molecule has 0 saturated carbocycles. The fraction of sp³-hybridized carbons (Fsp3) is 0.400. The van der Waals surface area contributed by atoms with E-state index in [4.69, 9.17) is 9.47 Å². The summed E-state index contributed by atoms with van der Waals surface area (Å²) in [6.07, 6.45) is 10.3. The van der Waals surface area contributed by atoms with Gasteiger partial charge in [-0.25, -0.2) is 4.79 Å². The van der Waals surface area contributed by atoms with Gasteiger partial charge in [-0.05, 0) is 74.2 Å². The number of ether oxygens (including phenoxy) is 2. The van der Waals surface area contributed by atoms with Crippen molar-refractivity contribution < 1.29 is 32.6 Å². The number of esters is 1. The Hall–Kier alpha value is -3.78. The second-order valence-electron chi connectivity index (χ2n) is 12.8. The highest BCUT2D eigenvalue weighted by Gasteiger charge is 2.27. The van der Waals surface area contributed by atoms with E-state index >= 15 is 0 Å². The predicted octanol–water partition coefficient (Wildman–Crippen LogP) is 4.21. The Morgan fingerprint density at radius 3 is 2.13 bits per heavy atom. The molecule has 4 N–H and O–H groups in total. The molecule has 6 atom stereocenters. The Bertz CT molecular complexity index is 1680. The molecule has 0 fully saturated rings. The van der Waals surface area contributed by atoms with Crippen molar-refractivity contribution in [1.82, 2.24) is 16.0 Å². The van der Waals surface area contributed by atoms with Gasteiger partial charge in [0, 0.05) is 34.1 Å². The Kier molecular flexibility index (Phi) is 17.1. The summed E-state index contributed by atoms with van der Waals surface area (Å²) in [5.74, 6) is -0.244. The summed E-state index contributed by atoms with van der Waals surface area (Å²) in [5.41, 5.74) is 4.65. The highest BCUT2D eigenvalue weighted by atomic mass is 32.2. The third-order valence-corrected chi connectivity index (χ3v) is 11.1. The fourth-order valence-corrected chi connectivity index (χ4v) is 7.38. The van der Waals surface area contributed by atoms with Crippen LogP contribution in [0.3, 0.4) is 0 Å². The van der Waals surface area contributed by atoms with Gasteiger partial charge in [0.15, 0.2) is 6.29 Å². The summed E-state index contributed by atoms with van der Waals surface area (Å²) in [6, 6.07) is 22.4. The largest absolute Gasteiger partial charge is 0.459 e. The lowest BCUT2D eigenvalue weighted by molar-refractivity contribution is -0.149. The average molecular weight is 750 g/mol. The van der Waals surface area contributed by atoms with Gasteiger partial charge in [0.05, 0.1) is 35.2 Å². The summed E-state index contributed by atoms with van der Waals surface area (Å²) in [6.45, 7) is 0.241. The van der Waals surface area contributed by atoms with Crippen molar-refractivity contribution >= 4 is 33.5 Å². The Labute approximate surface area is 312 Å². The zero-order valence-corrected chi connectivity index (χ0v) is 31.8. The number of nitrogens with one attached hydrogen (secondary N) is 3. The van der Waals surface area contributed by atoms with E-state index in [0.29, 0.717) is 29.2 Å². The normalized spacial score (nSPS) is 16.2. The van der Waals surface area contributed by atoms with E-state index < -0.39 is 45.9 Å². The molecular formula is C40H51N3O7S2. The van der Waals surface area contributed by atoms with Crippen molar-refractivity contribution in [2.24, 2.45) is 0 Å². The van der Waals surface area contributed by atoms with Crippen LogP contribution < -0.4 is 16.0 Å². The van der Waals surface area contributed by atoms with Crippen LogP contribution in [0.2, 0.25) is 0 Å². The monoisotopic (exact) mass is 749 g/mol. The first kappa shape index (κ1) is 41.0. The number of aliphatic hydroxyl groups is 1. The molecule has 1 aliphatic rings. The van der Waals surface area contributed by atoms with Gasteiger partial charge in [0.25, 0.3) is 0 Å². The molecule has 3 aromatic rings. The number of hydrogen-bond acceptors (Lipinski definition) is 9. The molecule has 1 aliphatic carbocycles. The van der Waals surface area contributed by atoms with Gasteiger partial charge in [-0.1, -0.05) is 90.5 Å². The van der Waals surface area contributed by atoms with Crippen molar-refractivity contribution in [2.45, 2.75) is 80.4 Å². The van der Waals surface area contributed by atoms with Gasteiger partial charge in [0.2, 0.25) is 5.91 Å². The molecule has 0 spiro atoms. The fourth-order valence-electron chi connectivity index (χ4n) is 5.71. The van der Waals surface area contributed by atoms with Gasteiger partial charge in [-0.2, -0.15) is 0 Å². The topological polar surface area (TPSA) is 143 Å². The van der Waals surface area contributed by atoms with E-state index in [-0.39, 0.29) is 31.6 Å². The number of rotatable bonds is 21. The molecule has 5 unspecified atom stereocenters. The maximum Gasteiger partial charge on any atom is 0.329 e. The van der Waals surface area contributed by atoms with Crippen LogP contribution in [-0.4, -0.2) is 75.9 Å². The molecule has 4 rings (SSSR count). The third kappa shape index (κ3) is 13.6. The zero-order chi connectivity index (χ0) is 37.3. The van der Waals surface area contributed by atoms with Crippen LogP contribution in [0.4, 0.5) is 0 Å². The lowest BCUT2D eigenvalue weighted by atomic mass is 9.98. The lowest BCUT2D eigenvalue weighted by Gasteiger charge is -2.24. The van der Waals surface area contributed by atoms with Crippen molar-refractivity contribution in [3.05, 3.63) is 125 Å². The molecule has 12 heteroatoms. The van der Waals surface area contributed by atoms with E-state index in [9.17, 15) is 23.1 Å². The maximum atomic E-state index is 13.2. The van der Waals surface area contributed by atoms with E-state index in [1.54, 1.807) is 13.3 Å². The van der Waals surface area contributed by atoms with E-state index in [2.05, 4.69) is 34.2 Å². The highest BCUT2D eigenvalue weighted by Crippen LogP contribution is 2.20. The summed E-state index contributed by atoms with van der Waals surface area (Å²) in [5, 5.41) is 19.5. The third-order valence-electron chi connectivity index (χ3n) is 8.85. The molecule has 1 amide bonds. The number of carbonyl (C=O) groups excluding carboxylic acids is 2. The summed E-state index contributed by atoms with van der Waals surface area (Å²) in [7, 11) is 1.14. The van der Waals surface area contributed by atoms with E-state index in [1.165, 1.54) is 5.57 Å². The Morgan fingerprint density at radius 2 is 1.50 bits per heavy atom. The first-order valence-corrected chi connectivity index (χ1v) is 20.5. The first-order valence-electron chi connectivity index (χ1n) is 17.5. The quantitative estimate of drug-likeness (QED) is 0.0931. The molecule has 280 valence electrons. The van der Waals surface area contributed by atoms with E-state index in [1.807, 2.05) is 85.9 Å². The molecule has 0 aromatic heterocycles. The van der Waals surface area contributed by atoms with Crippen molar-refractivity contribution in [3.63, 3.8) is 0 Å². The van der Waals surface area contributed by atoms with Crippen molar-refractivity contribution in [2.75, 3.05) is 26.1 Å². The smallest absolute Gasteiger partial charge is 0.329 e. The number of hydrogen-bond donors (Lipinski definition) is 4. The standard InChI is InChI=1S/C40H51N3O7S2/c1-41-35(22-23-51(3)47)38(44)43-37(25-30-12-8-5-9-13-30)40(46)50-26-31-14-16-33(17-15-31)28-52(48)34-20-18-32(19-21-34)27-49-39(45)36(42-2)24-29-10-6-4-7-11-29/h4-6,8-10,12-21,35-37,39,41-42,45H,7,11,22-28H2,1-3H3,(H,43,44)/t35?,36?,37-,39?,51?,52?/m1/s1. The van der Waals surface area contributed by atoms with Gasteiger partial charge in [-0.15, -0.1) is 0 Å². The Morgan fingerprint density at radius 1 is 0.827 bits per heavy atom. The number of aliphatic hydroxyl groups excluding tert-OH is 1. The number of likely N-dealkylation sites (N-methyl/N-ethyl adjacent to an activating group) is 2. The first-order chi connectivity index (χ1) is 25.1. The summed E-state index contributed by atoms with van der Waals surface area (Å²) >= 11 is 0. The molecule has 0 heterocycles. The van der Waals surface area contributed by atoms with Crippen LogP contribution in [0.1, 0.15) is 47.9 Å². The molecule has 0 bridgehead atoms. The van der Waals surface area contributed by atoms with Crippen LogP contribution in [0.25, 0.3) is 0 Å². The molecule has 0 radical (unpaired) electrons. The molecule has 0 aliphatic heterocycles. The number of carbonyl (C=O) groups is 2. The van der Waals surface area contributed by atoms with E-state index in [0.717, 1.165) is 35.1 Å². The minimum atomic E-state index is -1.29. The molecule has 10 nitrogen and oxygen atoms in total. The van der Waals surface area contributed by atoms with Crippen LogP contribution >= 0.6 is 0 Å². The average Bonchev–Trinajstić information content (AvgIpc) is 3.16. The SMILES string of the molecule is CNC(CCS(C)=O)C(=O)N[C@H](Cc1ccccc1)C(=O)OCc1ccc(CS(=O)c2ccc(COC(O)C(CC3=CC=CCC3)NC)cc2)cc1. The minimum absolute atomic E-state index is 0.0101. The molecular weight excluding hydrogens is 699 g/mol. The second kappa shape index (κ2) is 21.7. The number of amides is 1. The number of benzene rings is 3. The van der Waals surface area contributed by atoms with Crippen molar-refractivity contribution in [3.8, 4) is 0 Å². The summed E-state index contributed by atoms with van der Waals surface area (Å²) in [4.78, 5) is 27.0. The Balaban J connectivity index is 1.27. The highest BCUT2D eigenvalue weighted by molar-refractivity contribution is 7.84. The van der Waals surface area contributed by atoms with Crippen LogP contribution in [0.5, 0.6) is 0 Å². The van der Waals surface area contributed by atoms with Gasteiger partial charge < -0.3 is 30.5 Å². The number of allylic oxidation sites excluding steroid dienone is 3. The molecule has 0 saturated heterocycles. The summed E-state index contributed by atoms with van der Waals surface area (Å²) < 4.78 is 36.2. The maximum absolute atomic E-state index is 13.2. The molecule has 52 heavy (non-hydrogen) atoms.